The molecule has 0 spiro atoms. The zero-order chi connectivity index (χ0) is 13.9. The number of hydrogen-bond acceptors (Lipinski definition) is 5. The van der Waals surface area contributed by atoms with Crippen molar-refractivity contribution in [1.82, 2.24) is 9.88 Å². The van der Waals surface area contributed by atoms with Crippen LogP contribution in [0.1, 0.15) is 10.6 Å². The van der Waals surface area contributed by atoms with Gasteiger partial charge in [-0.2, -0.15) is 0 Å². The summed E-state index contributed by atoms with van der Waals surface area (Å²) in [5.41, 5.74) is 6.28. The van der Waals surface area contributed by atoms with E-state index in [-0.39, 0.29) is 5.91 Å². The molecule has 3 rings (SSSR count). The van der Waals surface area contributed by atoms with Crippen molar-refractivity contribution < 1.29 is 9.21 Å². The molecule has 1 saturated heterocycles. The molecule has 0 radical (unpaired) electrons. The SMILES string of the molecule is Nc1ccc(N2CCN(C(=O)c3ccco3)CC2)nc1. The number of hydrogen-bond donors (Lipinski definition) is 1. The maximum atomic E-state index is 12.1. The average molecular weight is 272 g/mol. The number of carbonyl (C=O) groups excluding carboxylic acids is 1. The standard InChI is InChI=1S/C14H16N4O2/c15-11-3-4-13(16-10-11)17-5-7-18(8-6-17)14(19)12-2-1-9-20-12/h1-4,9-10H,5-8,15H2. The quantitative estimate of drug-likeness (QED) is 0.889. The molecule has 0 atom stereocenters. The molecule has 1 aliphatic heterocycles. The van der Waals surface area contributed by atoms with Gasteiger partial charge in [0.05, 0.1) is 18.1 Å². The number of aromatic nitrogens is 1. The molecule has 0 bridgehead atoms. The van der Waals surface area contributed by atoms with Crippen molar-refractivity contribution in [2.45, 2.75) is 0 Å². The van der Waals surface area contributed by atoms with Gasteiger partial charge in [-0.1, -0.05) is 0 Å². The Morgan fingerprint density at radius 1 is 1.20 bits per heavy atom. The van der Waals surface area contributed by atoms with Crippen LogP contribution in [-0.4, -0.2) is 42.0 Å². The van der Waals surface area contributed by atoms with E-state index in [1.54, 1.807) is 23.2 Å². The second-order valence-corrected chi connectivity index (χ2v) is 4.71. The topological polar surface area (TPSA) is 75.6 Å². The van der Waals surface area contributed by atoms with Crippen LogP contribution in [-0.2, 0) is 0 Å². The van der Waals surface area contributed by atoms with Crippen molar-refractivity contribution in [1.29, 1.82) is 0 Å². The lowest BCUT2D eigenvalue weighted by Gasteiger charge is -2.35. The number of nitrogens with two attached hydrogens (primary N) is 1. The Hall–Kier alpha value is -2.50. The van der Waals surface area contributed by atoms with Crippen LogP contribution in [0, 0.1) is 0 Å². The van der Waals surface area contributed by atoms with Gasteiger partial charge in [0.25, 0.3) is 5.91 Å². The molecule has 2 aromatic heterocycles. The molecule has 6 heteroatoms. The molecule has 6 nitrogen and oxygen atoms in total. The van der Waals surface area contributed by atoms with E-state index < -0.39 is 0 Å². The minimum atomic E-state index is -0.0556. The summed E-state index contributed by atoms with van der Waals surface area (Å²) in [5.74, 6) is 1.23. The molecule has 3 heterocycles. The predicted molar refractivity (Wildman–Crippen MR) is 75.5 cm³/mol. The van der Waals surface area contributed by atoms with Crippen LogP contribution in [0.3, 0.4) is 0 Å². The van der Waals surface area contributed by atoms with Gasteiger partial charge in [-0.25, -0.2) is 4.98 Å². The highest BCUT2D eigenvalue weighted by Crippen LogP contribution is 2.16. The largest absolute Gasteiger partial charge is 0.459 e. The van der Waals surface area contributed by atoms with Crippen LogP contribution in [0.2, 0.25) is 0 Å². The first-order chi connectivity index (χ1) is 9.74. The lowest BCUT2D eigenvalue weighted by Crippen LogP contribution is -2.49. The Morgan fingerprint density at radius 2 is 2.00 bits per heavy atom. The third-order valence-corrected chi connectivity index (χ3v) is 3.39. The Balaban J connectivity index is 1.62. The van der Waals surface area contributed by atoms with E-state index in [9.17, 15) is 4.79 Å². The molecule has 0 unspecified atom stereocenters. The normalized spacial score (nSPS) is 15.4. The van der Waals surface area contributed by atoms with E-state index in [0.717, 1.165) is 18.9 Å². The number of nitrogens with zero attached hydrogens (tertiary/aromatic N) is 3. The summed E-state index contributed by atoms with van der Waals surface area (Å²) in [6.07, 6.45) is 3.16. The average Bonchev–Trinajstić information content (AvgIpc) is 3.02. The van der Waals surface area contributed by atoms with Crippen molar-refractivity contribution in [3.8, 4) is 0 Å². The van der Waals surface area contributed by atoms with Gasteiger partial charge in [0.1, 0.15) is 5.82 Å². The lowest BCUT2D eigenvalue weighted by atomic mass is 10.2. The fourth-order valence-electron chi connectivity index (χ4n) is 2.28. The van der Waals surface area contributed by atoms with Crippen molar-refractivity contribution in [2.24, 2.45) is 0 Å². The summed E-state index contributed by atoms with van der Waals surface area (Å²) in [6.45, 7) is 2.82. The first-order valence-corrected chi connectivity index (χ1v) is 6.53. The Kier molecular flexibility index (Phi) is 3.28. The molecular weight excluding hydrogens is 256 g/mol. The number of nitrogen functional groups attached to an aromatic ring is 1. The van der Waals surface area contributed by atoms with Crippen LogP contribution in [0.25, 0.3) is 0 Å². The number of rotatable bonds is 2. The maximum absolute atomic E-state index is 12.1. The van der Waals surface area contributed by atoms with E-state index in [2.05, 4.69) is 9.88 Å². The number of carbonyl (C=O) groups is 1. The minimum Gasteiger partial charge on any atom is -0.459 e. The monoisotopic (exact) mass is 272 g/mol. The molecule has 1 amide bonds. The summed E-state index contributed by atoms with van der Waals surface area (Å²) >= 11 is 0. The van der Waals surface area contributed by atoms with Gasteiger partial charge in [0.15, 0.2) is 5.76 Å². The highest BCUT2D eigenvalue weighted by atomic mass is 16.3. The molecule has 1 aliphatic rings. The van der Waals surface area contributed by atoms with Gasteiger partial charge < -0.3 is 20.0 Å². The molecular formula is C14H16N4O2. The highest BCUT2D eigenvalue weighted by molar-refractivity contribution is 5.91. The minimum absolute atomic E-state index is 0.0556. The van der Waals surface area contributed by atoms with Crippen molar-refractivity contribution >= 4 is 17.4 Å². The molecule has 0 aromatic carbocycles. The summed E-state index contributed by atoms with van der Waals surface area (Å²) < 4.78 is 5.14. The summed E-state index contributed by atoms with van der Waals surface area (Å²) in [4.78, 5) is 20.4. The van der Waals surface area contributed by atoms with Crippen LogP contribution in [0.15, 0.2) is 41.1 Å². The Morgan fingerprint density at radius 3 is 2.60 bits per heavy atom. The molecule has 0 saturated carbocycles. The van der Waals surface area contributed by atoms with E-state index in [0.29, 0.717) is 24.5 Å². The lowest BCUT2D eigenvalue weighted by molar-refractivity contribution is 0.0714. The smallest absolute Gasteiger partial charge is 0.289 e. The Bertz CT molecular complexity index is 572. The molecule has 20 heavy (non-hydrogen) atoms. The van der Waals surface area contributed by atoms with Crippen LogP contribution >= 0.6 is 0 Å². The van der Waals surface area contributed by atoms with Gasteiger partial charge in [-0.05, 0) is 24.3 Å². The third kappa shape index (κ3) is 2.45. The van der Waals surface area contributed by atoms with E-state index in [1.165, 1.54) is 6.26 Å². The second-order valence-electron chi connectivity index (χ2n) is 4.71. The molecule has 104 valence electrons. The van der Waals surface area contributed by atoms with Crippen molar-refractivity contribution in [3.05, 3.63) is 42.5 Å². The molecule has 2 aromatic rings. The zero-order valence-corrected chi connectivity index (χ0v) is 11.0. The van der Waals surface area contributed by atoms with Crippen LogP contribution in [0.4, 0.5) is 11.5 Å². The van der Waals surface area contributed by atoms with Gasteiger partial charge in [-0.15, -0.1) is 0 Å². The van der Waals surface area contributed by atoms with Crippen LogP contribution < -0.4 is 10.6 Å². The van der Waals surface area contributed by atoms with Crippen LogP contribution in [0.5, 0.6) is 0 Å². The van der Waals surface area contributed by atoms with Gasteiger partial charge in [-0.3, -0.25) is 4.79 Å². The van der Waals surface area contributed by atoms with E-state index in [4.69, 9.17) is 10.2 Å². The fraction of sp³-hybridized carbons (Fsp3) is 0.286. The van der Waals surface area contributed by atoms with Gasteiger partial charge in [0.2, 0.25) is 0 Å². The van der Waals surface area contributed by atoms with Gasteiger partial charge >= 0.3 is 0 Å². The number of amides is 1. The Labute approximate surface area is 116 Å². The molecule has 1 fully saturated rings. The van der Waals surface area contributed by atoms with Gasteiger partial charge in [0, 0.05) is 26.2 Å². The number of anilines is 2. The summed E-state index contributed by atoms with van der Waals surface area (Å²) in [5, 5.41) is 0. The van der Waals surface area contributed by atoms with Crippen molar-refractivity contribution in [2.75, 3.05) is 36.8 Å². The van der Waals surface area contributed by atoms with E-state index in [1.807, 2.05) is 12.1 Å². The first-order valence-electron chi connectivity index (χ1n) is 6.53. The number of furan rings is 1. The number of pyridine rings is 1. The zero-order valence-electron chi connectivity index (χ0n) is 11.0. The first kappa shape index (κ1) is 12.5. The maximum Gasteiger partial charge on any atom is 0.289 e. The summed E-state index contributed by atoms with van der Waals surface area (Å²) in [6, 6.07) is 7.15. The summed E-state index contributed by atoms with van der Waals surface area (Å²) in [7, 11) is 0. The molecule has 0 aliphatic carbocycles. The van der Waals surface area contributed by atoms with Crippen molar-refractivity contribution in [3.63, 3.8) is 0 Å². The second kappa shape index (κ2) is 5.24. The fourth-order valence-corrected chi connectivity index (χ4v) is 2.28. The predicted octanol–water partition coefficient (Wildman–Crippen LogP) is 1.22. The number of piperazine rings is 1. The van der Waals surface area contributed by atoms with E-state index >= 15 is 0 Å². The highest BCUT2D eigenvalue weighted by Gasteiger charge is 2.24. The third-order valence-electron chi connectivity index (χ3n) is 3.39. The molecule has 2 N–H and O–H groups in total.